The lowest BCUT2D eigenvalue weighted by Gasteiger charge is -2.18. The largest absolute Gasteiger partial charge is 0.365 e. The molecule has 0 saturated carbocycles. The highest BCUT2D eigenvalue weighted by Crippen LogP contribution is 2.36. The van der Waals surface area contributed by atoms with Crippen LogP contribution in [0.5, 0.6) is 0 Å². The first-order valence-electron chi connectivity index (χ1n) is 5.65. The Morgan fingerprint density at radius 3 is 3.12 bits per heavy atom. The third-order valence-electron chi connectivity index (χ3n) is 3.22. The lowest BCUT2D eigenvalue weighted by atomic mass is 10.0. The maximum atomic E-state index is 4.06. The van der Waals surface area contributed by atoms with Crippen molar-refractivity contribution >= 4 is 5.69 Å². The normalized spacial score (nSPS) is 18.8. The van der Waals surface area contributed by atoms with Gasteiger partial charge in [0.05, 0.1) is 18.6 Å². The van der Waals surface area contributed by atoms with Gasteiger partial charge in [0.1, 0.15) is 0 Å². The van der Waals surface area contributed by atoms with Crippen LogP contribution in [-0.4, -0.2) is 16.5 Å². The Bertz CT molecular complexity index is 476. The van der Waals surface area contributed by atoms with E-state index in [1.165, 1.54) is 16.9 Å². The summed E-state index contributed by atoms with van der Waals surface area (Å²) in [7, 11) is 0. The molecule has 0 spiro atoms. The van der Waals surface area contributed by atoms with Gasteiger partial charge in [-0.15, -0.1) is 0 Å². The van der Waals surface area contributed by atoms with Crippen LogP contribution in [0, 0.1) is 0 Å². The standard InChI is InChI=1S/C13H15N3/c1-10-7-16(8-11-6-14-9-15-11)13-5-3-2-4-12(10)13/h2-6,9-10H,7-8H2,1H3,(H,14,15). The molecule has 1 unspecified atom stereocenters. The van der Waals surface area contributed by atoms with Crippen LogP contribution < -0.4 is 4.90 Å². The highest BCUT2D eigenvalue weighted by Gasteiger charge is 2.24. The van der Waals surface area contributed by atoms with Gasteiger partial charge in [-0.3, -0.25) is 0 Å². The summed E-state index contributed by atoms with van der Waals surface area (Å²) >= 11 is 0. The first-order valence-corrected chi connectivity index (χ1v) is 5.65. The van der Waals surface area contributed by atoms with E-state index in [9.17, 15) is 0 Å². The number of imidazole rings is 1. The number of hydrogen-bond donors (Lipinski definition) is 1. The van der Waals surface area contributed by atoms with Gasteiger partial charge in [-0.05, 0) is 11.6 Å². The maximum absolute atomic E-state index is 4.06. The number of hydrogen-bond acceptors (Lipinski definition) is 2. The van der Waals surface area contributed by atoms with Gasteiger partial charge >= 0.3 is 0 Å². The topological polar surface area (TPSA) is 31.9 Å². The van der Waals surface area contributed by atoms with Crippen molar-refractivity contribution in [3.05, 3.63) is 48.0 Å². The molecule has 0 aliphatic carbocycles. The predicted molar refractivity (Wildman–Crippen MR) is 64.5 cm³/mol. The first-order chi connectivity index (χ1) is 7.84. The van der Waals surface area contributed by atoms with Crippen molar-refractivity contribution in [3.63, 3.8) is 0 Å². The number of aromatic amines is 1. The average molecular weight is 213 g/mol. The molecule has 1 N–H and O–H groups in total. The highest BCUT2D eigenvalue weighted by molar-refractivity contribution is 5.59. The van der Waals surface area contributed by atoms with Crippen LogP contribution in [0.1, 0.15) is 24.1 Å². The summed E-state index contributed by atoms with van der Waals surface area (Å²) in [6.07, 6.45) is 3.63. The summed E-state index contributed by atoms with van der Waals surface area (Å²) < 4.78 is 0. The molecule has 1 atom stereocenters. The number of fused-ring (bicyclic) bond motifs is 1. The van der Waals surface area contributed by atoms with Gasteiger partial charge in [-0.25, -0.2) is 4.98 Å². The number of anilines is 1. The number of benzene rings is 1. The minimum absolute atomic E-state index is 0.624. The second-order valence-corrected chi connectivity index (χ2v) is 4.42. The zero-order valence-corrected chi connectivity index (χ0v) is 9.35. The van der Waals surface area contributed by atoms with E-state index in [1.807, 2.05) is 6.20 Å². The van der Waals surface area contributed by atoms with E-state index in [4.69, 9.17) is 0 Å². The molecule has 0 radical (unpaired) electrons. The number of rotatable bonds is 2. The van der Waals surface area contributed by atoms with Crippen molar-refractivity contribution in [1.82, 2.24) is 9.97 Å². The number of para-hydroxylation sites is 1. The Hall–Kier alpha value is -1.77. The molecule has 0 fully saturated rings. The van der Waals surface area contributed by atoms with E-state index in [1.54, 1.807) is 6.33 Å². The Morgan fingerprint density at radius 2 is 2.31 bits per heavy atom. The van der Waals surface area contributed by atoms with E-state index in [-0.39, 0.29) is 0 Å². The van der Waals surface area contributed by atoms with Gasteiger partial charge in [0.25, 0.3) is 0 Å². The fourth-order valence-electron chi connectivity index (χ4n) is 2.45. The third kappa shape index (κ3) is 1.48. The number of H-pyrrole nitrogens is 1. The van der Waals surface area contributed by atoms with Gasteiger partial charge in [-0.1, -0.05) is 25.1 Å². The molecule has 1 aliphatic rings. The SMILES string of the molecule is CC1CN(Cc2cnc[nH]2)c2ccccc21. The van der Waals surface area contributed by atoms with Crippen LogP contribution in [0.25, 0.3) is 0 Å². The van der Waals surface area contributed by atoms with Gasteiger partial charge in [0.15, 0.2) is 0 Å². The second-order valence-electron chi connectivity index (χ2n) is 4.42. The molecule has 0 amide bonds. The summed E-state index contributed by atoms with van der Waals surface area (Å²) in [4.78, 5) is 9.62. The van der Waals surface area contributed by atoms with Crippen LogP contribution in [0.4, 0.5) is 5.69 Å². The summed E-state index contributed by atoms with van der Waals surface area (Å²) in [5, 5.41) is 0. The molecule has 1 aromatic carbocycles. The fourth-order valence-corrected chi connectivity index (χ4v) is 2.45. The van der Waals surface area contributed by atoms with E-state index in [0.29, 0.717) is 5.92 Å². The summed E-state index contributed by atoms with van der Waals surface area (Å²) in [6.45, 7) is 4.30. The average Bonchev–Trinajstić information content (AvgIpc) is 2.90. The van der Waals surface area contributed by atoms with Gasteiger partial charge in [0.2, 0.25) is 0 Å². The third-order valence-corrected chi connectivity index (χ3v) is 3.22. The Kier molecular flexibility index (Phi) is 2.17. The molecule has 3 rings (SSSR count). The minimum atomic E-state index is 0.624. The summed E-state index contributed by atoms with van der Waals surface area (Å²) in [6, 6.07) is 8.66. The van der Waals surface area contributed by atoms with Gasteiger partial charge in [0, 0.05) is 24.3 Å². The van der Waals surface area contributed by atoms with E-state index in [2.05, 4.69) is 46.1 Å². The van der Waals surface area contributed by atoms with Gasteiger partial charge in [-0.2, -0.15) is 0 Å². The molecule has 82 valence electrons. The van der Waals surface area contributed by atoms with Crippen molar-refractivity contribution in [2.45, 2.75) is 19.4 Å². The monoisotopic (exact) mass is 213 g/mol. The smallest absolute Gasteiger partial charge is 0.0922 e. The second kappa shape index (κ2) is 3.67. The molecule has 1 aromatic heterocycles. The molecule has 16 heavy (non-hydrogen) atoms. The maximum Gasteiger partial charge on any atom is 0.0922 e. The predicted octanol–water partition coefficient (Wildman–Crippen LogP) is 2.53. The number of nitrogens with one attached hydrogen (secondary N) is 1. The lowest BCUT2D eigenvalue weighted by molar-refractivity contribution is 0.739. The highest BCUT2D eigenvalue weighted by atomic mass is 15.2. The number of aromatic nitrogens is 2. The van der Waals surface area contributed by atoms with Crippen molar-refractivity contribution in [3.8, 4) is 0 Å². The zero-order chi connectivity index (χ0) is 11.0. The van der Waals surface area contributed by atoms with Crippen LogP contribution >= 0.6 is 0 Å². The quantitative estimate of drug-likeness (QED) is 0.831. The van der Waals surface area contributed by atoms with E-state index < -0.39 is 0 Å². The fraction of sp³-hybridized carbons (Fsp3) is 0.308. The van der Waals surface area contributed by atoms with Crippen molar-refractivity contribution in [2.75, 3.05) is 11.4 Å². The molecule has 2 aromatic rings. The van der Waals surface area contributed by atoms with Crippen molar-refractivity contribution < 1.29 is 0 Å². The minimum Gasteiger partial charge on any atom is -0.365 e. The molecular weight excluding hydrogens is 198 g/mol. The summed E-state index contributed by atoms with van der Waals surface area (Å²) in [5.74, 6) is 0.624. The first kappa shape index (κ1) is 9.46. The molecule has 3 nitrogen and oxygen atoms in total. The van der Waals surface area contributed by atoms with Crippen molar-refractivity contribution in [1.29, 1.82) is 0 Å². The van der Waals surface area contributed by atoms with Crippen molar-refractivity contribution in [2.24, 2.45) is 0 Å². The molecule has 1 aliphatic heterocycles. The lowest BCUT2D eigenvalue weighted by Crippen LogP contribution is -2.20. The van der Waals surface area contributed by atoms with E-state index >= 15 is 0 Å². The van der Waals surface area contributed by atoms with Crippen LogP contribution in [0.3, 0.4) is 0 Å². The Morgan fingerprint density at radius 1 is 1.44 bits per heavy atom. The Labute approximate surface area is 95.1 Å². The molecule has 0 saturated heterocycles. The van der Waals surface area contributed by atoms with Crippen LogP contribution in [0.2, 0.25) is 0 Å². The molecular formula is C13H15N3. The number of nitrogens with zero attached hydrogens (tertiary/aromatic N) is 2. The molecule has 3 heteroatoms. The van der Waals surface area contributed by atoms with Crippen LogP contribution in [0.15, 0.2) is 36.8 Å². The molecule has 2 heterocycles. The van der Waals surface area contributed by atoms with Crippen LogP contribution in [-0.2, 0) is 6.54 Å². The van der Waals surface area contributed by atoms with E-state index in [0.717, 1.165) is 13.1 Å². The Balaban J connectivity index is 1.89. The zero-order valence-electron chi connectivity index (χ0n) is 9.35. The van der Waals surface area contributed by atoms with Gasteiger partial charge < -0.3 is 9.88 Å². The summed E-state index contributed by atoms with van der Waals surface area (Å²) in [5.41, 5.74) is 4.00. The molecule has 0 bridgehead atoms.